The highest BCUT2D eigenvalue weighted by molar-refractivity contribution is 7.99. The first-order valence-corrected chi connectivity index (χ1v) is 9.48. The number of aromatic nitrogens is 2. The molecule has 2 heterocycles. The van der Waals surface area contributed by atoms with E-state index in [1.165, 1.54) is 11.1 Å². The number of hydrogen-bond donors (Lipinski definition) is 1. The number of carbonyl (C=O) groups is 1. The van der Waals surface area contributed by atoms with E-state index in [1.807, 2.05) is 18.1 Å². The molecule has 126 valence electrons. The molecule has 1 aromatic carbocycles. The molecule has 1 aromatic heterocycles. The average molecular weight is 342 g/mol. The van der Waals surface area contributed by atoms with Crippen molar-refractivity contribution in [2.75, 3.05) is 12.8 Å². The number of urea groups is 1. The van der Waals surface area contributed by atoms with Crippen molar-refractivity contribution in [2.45, 2.75) is 43.6 Å². The van der Waals surface area contributed by atoms with Crippen LogP contribution < -0.4 is 5.32 Å². The second-order valence-electron chi connectivity index (χ2n) is 6.43. The Morgan fingerprint density at radius 2 is 2.33 bits per heavy atom. The molecular weight excluding hydrogens is 320 g/mol. The molecule has 0 fully saturated rings. The van der Waals surface area contributed by atoms with Crippen LogP contribution >= 0.6 is 11.8 Å². The van der Waals surface area contributed by atoms with Crippen LogP contribution in [0.2, 0.25) is 0 Å². The molecule has 2 aliphatic rings. The van der Waals surface area contributed by atoms with Crippen LogP contribution in [0.3, 0.4) is 0 Å². The van der Waals surface area contributed by atoms with E-state index in [1.54, 1.807) is 11.8 Å². The van der Waals surface area contributed by atoms with Gasteiger partial charge in [0.2, 0.25) is 0 Å². The zero-order chi connectivity index (χ0) is 16.5. The van der Waals surface area contributed by atoms with Crippen molar-refractivity contribution in [2.24, 2.45) is 0 Å². The van der Waals surface area contributed by atoms with Gasteiger partial charge in [-0.25, -0.2) is 9.78 Å². The molecule has 1 atom stereocenters. The average Bonchev–Trinajstić information content (AvgIpc) is 3.20. The Morgan fingerprint density at radius 3 is 3.21 bits per heavy atom. The number of thioether (sulfide) groups is 1. The predicted octanol–water partition coefficient (Wildman–Crippen LogP) is 3.21. The van der Waals surface area contributed by atoms with Gasteiger partial charge in [0.05, 0.1) is 18.3 Å². The smallest absolute Gasteiger partial charge is 0.317 e. The molecule has 0 unspecified atom stereocenters. The van der Waals surface area contributed by atoms with E-state index in [0.717, 1.165) is 42.4 Å². The largest absolute Gasteiger partial charge is 0.332 e. The maximum Gasteiger partial charge on any atom is 0.317 e. The lowest BCUT2D eigenvalue weighted by Crippen LogP contribution is -2.40. The Hall–Kier alpha value is -1.95. The van der Waals surface area contributed by atoms with E-state index >= 15 is 0 Å². The van der Waals surface area contributed by atoms with E-state index in [9.17, 15) is 4.79 Å². The summed E-state index contributed by atoms with van der Waals surface area (Å²) < 4.78 is 2.16. The molecule has 0 bridgehead atoms. The minimum Gasteiger partial charge on any atom is -0.332 e. The van der Waals surface area contributed by atoms with Crippen LogP contribution in [0.1, 0.15) is 35.7 Å². The lowest BCUT2D eigenvalue weighted by atomic mass is 9.87. The minimum atomic E-state index is -0.0301. The summed E-state index contributed by atoms with van der Waals surface area (Å²) in [5.74, 6) is 1.10. The van der Waals surface area contributed by atoms with Gasteiger partial charge < -0.3 is 14.8 Å². The summed E-state index contributed by atoms with van der Waals surface area (Å²) in [6.07, 6.45) is 5.31. The number of carbonyl (C=O) groups excluding carboxylic acids is 1. The Labute approximate surface area is 146 Å². The quantitative estimate of drug-likeness (QED) is 0.932. The molecule has 2 aromatic rings. The van der Waals surface area contributed by atoms with Gasteiger partial charge in [0.1, 0.15) is 0 Å². The highest BCUT2D eigenvalue weighted by Gasteiger charge is 2.26. The number of benzene rings is 1. The molecule has 0 radical (unpaired) electrons. The topological polar surface area (TPSA) is 50.2 Å². The predicted molar refractivity (Wildman–Crippen MR) is 95.1 cm³/mol. The van der Waals surface area contributed by atoms with Crippen LogP contribution in [0.15, 0.2) is 35.6 Å². The Kier molecular flexibility index (Phi) is 4.22. The molecule has 4 rings (SSSR count). The second-order valence-corrected chi connectivity index (χ2v) is 7.50. The number of imidazole rings is 1. The van der Waals surface area contributed by atoms with Crippen LogP contribution in [0.25, 0.3) is 0 Å². The van der Waals surface area contributed by atoms with Crippen molar-refractivity contribution in [3.63, 3.8) is 0 Å². The lowest BCUT2D eigenvalue weighted by Gasteiger charge is -2.33. The van der Waals surface area contributed by atoms with E-state index in [0.29, 0.717) is 6.54 Å². The fourth-order valence-electron chi connectivity index (χ4n) is 3.61. The van der Waals surface area contributed by atoms with Crippen LogP contribution in [0.4, 0.5) is 4.79 Å². The number of nitrogens with zero attached hydrogens (tertiary/aromatic N) is 3. The van der Waals surface area contributed by atoms with Gasteiger partial charge in [-0.2, -0.15) is 0 Å². The number of amides is 2. The molecule has 0 saturated carbocycles. The van der Waals surface area contributed by atoms with Gasteiger partial charge in [-0.05, 0) is 30.4 Å². The highest BCUT2D eigenvalue weighted by Crippen LogP contribution is 2.33. The zero-order valence-electron chi connectivity index (χ0n) is 13.9. The number of nitrogens with one attached hydrogen (secondary N) is 1. The summed E-state index contributed by atoms with van der Waals surface area (Å²) in [5.41, 5.74) is 3.60. The first-order chi connectivity index (χ1) is 11.7. The lowest BCUT2D eigenvalue weighted by molar-refractivity contribution is 0.183. The third-order valence-corrected chi connectivity index (χ3v) is 5.87. The molecule has 24 heavy (non-hydrogen) atoms. The molecule has 1 aliphatic heterocycles. The molecule has 1 N–H and O–H groups in total. The van der Waals surface area contributed by atoms with Gasteiger partial charge in [0.25, 0.3) is 0 Å². The maximum absolute atomic E-state index is 12.6. The van der Waals surface area contributed by atoms with Gasteiger partial charge in [-0.15, -0.1) is 0 Å². The fourth-order valence-corrected chi connectivity index (χ4v) is 4.57. The summed E-state index contributed by atoms with van der Waals surface area (Å²) in [4.78, 5) is 19.0. The standard InChI is InChI=1S/C18H22N4OS/c1-21(16-8-4-6-13-5-2-3-7-15(13)16)17(23)19-11-14-12-22-9-10-24-18(22)20-14/h2-3,5,7,12,16H,4,6,8-11H2,1H3,(H,19,23)/t16-/m0/s1. The van der Waals surface area contributed by atoms with Crippen LogP contribution in [-0.4, -0.2) is 33.3 Å². The van der Waals surface area contributed by atoms with Gasteiger partial charge in [-0.3, -0.25) is 0 Å². The van der Waals surface area contributed by atoms with Crippen LogP contribution in [-0.2, 0) is 19.5 Å². The monoisotopic (exact) mass is 342 g/mol. The summed E-state index contributed by atoms with van der Waals surface area (Å²) in [5, 5.41) is 4.08. The summed E-state index contributed by atoms with van der Waals surface area (Å²) >= 11 is 1.77. The summed E-state index contributed by atoms with van der Waals surface area (Å²) in [7, 11) is 1.89. The first-order valence-electron chi connectivity index (χ1n) is 8.49. The second kappa shape index (κ2) is 6.51. The Morgan fingerprint density at radius 1 is 1.46 bits per heavy atom. The van der Waals surface area contributed by atoms with Crippen molar-refractivity contribution < 1.29 is 4.79 Å². The zero-order valence-corrected chi connectivity index (χ0v) is 14.7. The molecular formula is C18H22N4OS. The summed E-state index contributed by atoms with van der Waals surface area (Å²) in [6, 6.07) is 8.61. The number of hydrogen-bond acceptors (Lipinski definition) is 3. The molecule has 5 nitrogen and oxygen atoms in total. The molecule has 1 aliphatic carbocycles. The van der Waals surface area contributed by atoms with E-state index in [-0.39, 0.29) is 12.1 Å². The van der Waals surface area contributed by atoms with Crippen LogP contribution in [0, 0.1) is 0 Å². The van der Waals surface area contributed by atoms with Gasteiger partial charge in [0.15, 0.2) is 5.16 Å². The fraction of sp³-hybridized carbons (Fsp3) is 0.444. The first kappa shape index (κ1) is 15.6. The van der Waals surface area contributed by atoms with Gasteiger partial charge >= 0.3 is 6.03 Å². The highest BCUT2D eigenvalue weighted by atomic mass is 32.2. The third-order valence-electron chi connectivity index (χ3n) is 4.90. The molecule has 2 amide bonds. The molecule has 0 spiro atoms. The number of aryl methyl sites for hydroxylation is 2. The third kappa shape index (κ3) is 2.90. The van der Waals surface area contributed by atoms with Crippen LogP contribution in [0.5, 0.6) is 0 Å². The van der Waals surface area contributed by atoms with Crippen molar-refractivity contribution in [1.82, 2.24) is 19.8 Å². The number of fused-ring (bicyclic) bond motifs is 2. The maximum atomic E-state index is 12.6. The number of rotatable bonds is 3. The van der Waals surface area contributed by atoms with Crippen molar-refractivity contribution in [3.8, 4) is 0 Å². The van der Waals surface area contributed by atoms with Gasteiger partial charge in [-0.1, -0.05) is 36.0 Å². The molecule has 0 saturated heterocycles. The molecule has 6 heteroatoms. The van der Waals surface area contributed by atoms with E-state index < -0.39 is 0 Å². The van der Waals surface area contributed by atoms with Crippen molar-refractivity contribution in [1.29, 1.82) is 0 Å². The van der Waals surface area contributed by atoms with Gasteiger partial charge in [0, 0.05) is 25.5 Å². The van der Waals surface area contributed by atoms with Crippen molar-refractivity contribution in [3.05, 3.63) is 47.3 Å². The Balaban J connectivity index is 1.41. The van der Waals surface area contributed by atoms with Crippen molar-refractivity contribution >= 4 is 17.8 Å². The minimum absolute atomic E-state index is 0.0301. The normalized spacial score (nSPS) is 18.8. The SMILES string of the molecule is CN(C(=O)NCc1cn2c(n1)SCC2)[C@H]1CCCc2ccccc21. The van der Waals surface area contributed by atoms with E-state index in [2.05, 4.69) is 39.1 Å². The summed E-state index contributed by atoms with van der Waals surface area (Å²) in [6.45, 7) is 1.50. The Bertz CT molecular complexity index is 736. The van der Waals surface area contributed by atoms with E-state index in [4.69, 9.17) is 0 Å².